The van der Waals surface area contributed by atoms with E-state index in [-0.39, 0.29) is 12.1 Å². The van der Waals surface area contributed by atoms with Gasteiger partial charge in [0.25, 0.3) is 0 Å². The molecule has 2 atom stereocenters. The number of aryl methyl sites for hydroxylation is 1. The van der Waals surface area contributed by atoms with Crippen LogP contribution in [0.3, 0.4) is 0 Å². The van der Waals surface area contributed by atoms with E-state index < -0.39 is 0 Å². The first-order chi connectivity index (χ1) is 9.51. The SMILES string of the molecule is CCC(N)C(c1ccc(Br)s1)N(C)Cc1cc(C)on1. The zero-order valence-corrected chi connectivity index (χ0v) is 14.4. The Morgan fingerprint density at radius 2 is 2.25 bits per heavy atom. The van der Waals surface area contributed by atoms with E-state index in [1.165, 1.54) is 4.88 Å². The summed E-state index contributed by atoms with van der Waals surface area (Å²) in [4.78, 5) is 3.51. The molecule has 4 nitrogen and oxygen atoms in total. The maximum absolute atomic E-state index is 6.32. The Labute approximate surface area is 132 Å². The van der Waals surface area contributed by atoms with Gasteiger partial charge in [-0.05, 0) is 48.5 Å². The van der Waals surface area contributed by atoms with E-state index in [9.17, 15) is 0 Å². The Morgan fingerprint density at radius 1 is 1.50 bits per heavy atom. The second-order valence-corrected chi connectivity index (χ2v) is 7.50. The number of likely N-dealkylation sites (N-methyl/N-ethyl adjacent to an activating group) is 1. The van der Waals surface area contributed by atoms with Crippen LogP contribution in [-0.2, 0) is 6.54 Å². The Hall–Kier alpha value is -0.690. The van der Waals surface area contributed by atoms with E-state index in [1.54, 1.807) is 11.3 Å². The molecule has 2 rings (SSSR count). The molecule has 0 radical (unpaired) electrons. The lowest BCUT2D eigenvalue weighted by atomic mass is 10.0. The first kappa shape index (κ1) is 15.7. The maximum atomic E-state index is 6.32. The molecule has 0 amide bonds. The van der Waals surface area contributed by atoms with Gasteiger partial charge in [0.15, 0.2) is 0 Å². The number of thiophene rings is 1. The maximum Gasteiger partial charge on any atom is 0.133 e. The van der Waals surface area contributed by atoms with Crippen molar-refractivity contribution in [3.05, 3.63) is 38.3 Å². The van der Waals surface area contributed by atoms with E-state index in [0.29, 0.717) is 0 Å². The highest BCUT2D eigenvalue weighted by Crippen LogP contribution is 2.33. The molecule has 2 N–H and O–H groups in total. The van der Waals surface area contributed by atoms with Crippen LogP contribution < -0.4 is 5.73 Å². The van der Waals surface area contributed by atoms with Gasteiger partial charge in [0, 0.05) is 23.5 Å². The van der Waals surface area contributed by atoms with Crippen LogP contribution in [0.1, 0.15) is 35.7 Å². The average molecular weight is 358 g/mol. The highest BCUT2D eigenvalue weighted by Gasteiger charge is 2.25. The lowest BCUT2D eigenvalue weighted by molar-refractivity contribution is 0.199. The first-order valence-electron chi connectivity index (χ1n) is 6.64. The van der Waals surface area contributed by atoms with E-state index in [2.05, 4.69) is 52.1 Å². The molecule has 2 aromatic rings. The Balaban J connectivity index is 2.17. The highest BCUT2D eigenvalue weighted by molar-refractivity contribution is 9.11. The molecule has 2 unspecified atom stereocenters. The molecule has 0 fully saturated rings. The molecule has 110 valence electrons. The van der Waals surface area contributed by atoms with E-state index in [1.807, 2.05) is 13.0 Å². The minimum absolute atomic E-state index is 0.0959. The van der Waals surface area contributed by atoms with Gasteiger partial charge in [-0.25, -0.2) is 0 Å². The second kappa shape index (κ2) is 6.85. The fourth-order valence-corrected chi connectivity index (χ4v) is 3.98. The average Bonchev–Trinajstić information content (AvgIpc) is 2.99. The number of rotatable bonds is 6. The van der Waals surface area contributed by atoms with Crippen molar-refractivity contribution in [1.29, 1.82) is 0 Å². The lowest BCUT2D eigenvalue weighted by Gasteiger charge is -2.31. The van der Waals surface area contributed by atoms with Crippen LogP contribution in [0.4, 0.5) is 0 Å². The van der Waals surface area contributed by atoms with Crippen molar-refractivity contribution in [2.45, 2.75) is 38.9 Å². The lowest BCUT2D eigenvalue weighted by Crippen LogP contribution is -2.38. The number of halogens is 1. The summed E-state index contributed by atoms with van der Waals surface area (Å²) < 4.78 is 6.26. The van der Waals surface area contributed by atoms with Gasteiger partial charge >= 0.3 is 0 Å². The quantitative estimate of drug-likeness (QED) is 0.855. The van der Waals surface area contributed by atoms with Gasteiger partial charge in [0.05, 0.1) is 15.5 Å². The highest BCUT2D eigenvalue weighted by atomic mass is 79.9. The summed E-state index contributed by atoms with van der Waals surface area (Å²) in [6, 6.07) is 6.46. The van der Waals surface area contributed by atoms with Crippen LogP contribution in [0.15, 0.2) is 26.5 Å². The number of nitrogens with two attached hydrogens (primary N) is 1. The van der Waals surface area contributed by atoms with Gasteiger partial charge in [-0.1, -0.05) is 12.1 Å². The molecule has 0 bridgehead atoms. The van der Waals surface area contributed by atoms with Gasteiger partial charge in [0.1, 0.15) is 5.76 Å². The molecule has 0 saturated carbocycles. The Bertz CT molecular complexity index is 554. The summed E-state index contributed by atoms with van der Waals surface area (Å²) in [5, 5.41) is 4.06. The fourth-order valence-electron chi connectivity index (χ4n) is 2.31. The van der Waals surface area contributed by atoms with Crippen molar-refractivity contribution >= 4 is 27.3 Å². The fraction of sp³-hybridized carbons (Fsp3) is 0.500. The molecule has 2 heterocycles. The molecular formula is C14H20BrN3OS. The summed E-state index contributed by atoms with van der Waals surface area (Å²) in [7, 11) is 2.08. The third-order valence-corrected chi connectivity index (χ3v) is 5.02. The van der Waals surface area contributed by atoms with Gasteiger partial charge < -0.3 is 10.3 Å². The van der Waals surface area contributed by atoms with Crippen molar-refractivity contribution in [3.8, 4) is 0 Å². The number of hydrogen-bond acceptors (Lipinski definition) is 5. The predicted molar refractivity (Wildman–Crippen MR) is 85.7 cm³/mol. The molecule has 0 aliphatic heterocycles. The summed E-state index contributed by atoms with van der Waals surface area (Å²) >= 11 is 5.26. The monoisotopic (exact) mass is 357 g/mol. The molecule has 20 heavy (non-hydrogen) atoms. The Kier molecular flexibility index (Phi) is 5.37. The second-order valence-electron chi connectivity index (χ2n) is 5.00. The number of nitrogens with zero attached hydrogens (tertiary/aromatic N) is 2. The Morgan fingerprint density at radius 3 is 2.75 bits per heavy atom. The minimum Gasteiger partial charge on any atom is -0.361 e. The van der Waals surface area contributed by atoms with E-state index in [0.717, 1.165) is 28.2 Å². The normalized spacial score (nSPS) is 14.7. The topological polar surface area (TPSA) is 55.3 Å². The predicted octanol–water partition coefficient (Wildman–Crippen LogP) is 3.72. The van der Waals surface area contributed by atoms with E-state index in [4.69, 9.17) is 10.3 Å². The van der Waals surface area contributed by atoms with Gasteiger partial charge in [0.2, 0.25) is 0 Å². The van der Waals surface area contributed by atoms with Crippen LogP contribution in [0.2, 0.25) is 0 Å². The number of hydrogen-bond donors (Lipinski definition) is 1. The molecule has 6 heteroatoms. The van der Waals surface area contributed by atoms with Crippen LogP contribution in [-0.4, -0.2) is 23.1 Å². The minimum atomic E-state index is 0.0959. The zero-order chi connectivity index (χ0) is 14.7. The molecule has 0 aromatic carbocycles. The molecule has 0 spiro atoms. The van der Waals surface area contributed by atoms with Gasteiger partial charge in [-0.2, -0.15) is 0 Å². The van der Waals surface area contributed by atoms with Crippen molar-refractivity contribution in [2.75, 3.05) is 7.05 Å². The summed E-state index contributed by atoms with van der Waals surface area (Å²) in [5.74, 6) is 0.837. The molecule has 0 aliphatic carbocycles. The summed E-state index contributed by atoms with van der Waals surface area (Å²) in [6.45, 7) is 4.75. The first-order valence-corrected chi connectivity index (χ1v) is 8.25. The van der Waals surface area contributed by atoms with Crippen LogP contribution in [0, 0.1) is 6.92 Å². The van der Waals surface area contributed by atoms with Crippen molar-refractivity contribution < 1.29 is 4.52 Å². The van der Waals surface area contributed by atoms with Crippen molar-refractivity contribution in [1.82, 2.24) is 10.1 Å². The van der Waals surface area contributed by atoms with Crippen LogP contribution in [0.5, 0.6) is 0 Å². The molecule has 0 saturated heterocycles. The molecule has 2 aromatic heterocycles. The third-order valence-electron chi connectivity index (χ3n) is 3.33. The van der Waals surface area contributed by atoms with Crippen LogP contribution in [0.25, 0.3) is 0 Å². The van der Waals surface area contributed by atoms with Gasteiger partial charge in [-0.3, -0.25) is 4.90 Å². The molecule has 0 aliphatic rings. The van der Waals surface area contributed by atoms with Crippen LogP contribution >= 0.6 is 27.3 Å². The smallest absolute Gasteiger partial charge is 0.133 e. The van der Waals surface area contributed by atoms with Crippen molar-refractivity contribution in [3.63, 3.8) is 0 Å². The summed E-state index contributed by atoms with van der Waals surface area (Å²) in [6.07, 6.45) is 0.933. The largest absolute Gasteiger partial charge is 0.361 e. The van der Waals surface area contributed by atoms with Crippen molar-refractivity contribution in [2.24, 2.45) is 5.73 Å². The standard InChI is InChI=1S/C14H20BrN3OS/c1-4-11(16)14(12-5-6-13(15)20-12)18(3)8-10-7-9(2)19-17-10/h5-7,11,14H,4,8,16H2,1-3H3. The van der Waals surface area contributed by atoms with Gasteiger partial charge in [-0.15, -0.1) is 11.3 Å². The summed E-state index contributed by atoms with van der Waals surface area (Å²) in [5.41, 5.74) is 7.26. The third kappa shape index (κ3) is 3.69. The zero-order valence-electron chi connectivity index (χ0n) is 12.0. The van der Waals surface area contributed by atoms with E-state index >= 15 is 0 Å². The number of aromatic nitrogens is 1. The molecular weight excluding hydrogens is 338 g/mol.